The predicted molar refractivity (Wildman–Crippen MR) is 102 cm³/mol. The van der Waals surface area contributed by atoms with Crippen LogP contribution in [-0.4, -0.2) is 11.1 Å². The fourth-order valence-electron chi connectivity index (χ4n) is 5.08. The highest BCUT2D eigenvalue weighted by Crippen LogP contribution is 2.50. The molecule has 5 rings (SSSR count). The molecule has 1 saturated carbocycles. The molecule has 0 saturated heterocycles. The van der Waals surface area contributed by atoms with Gasteiger partial charge in [-0.25, -0.2) is 0 Å². The SMILES string of the molecule is CC1Cc2c([nH]c3ccccc23)C2(CCC(c3ccccc3)CC2)O1. The third-order valence-corrected chi connectivity index (χ3v) is 6.25. The van der Waals surface area contributed by atoms with Gasteiger partial charge in [-0.3, -0.25) is 0 Å². The van der Waals surface area contributed by atoms with Gasteiger partial charge in [0.15, 0.2) is 0 Å². The second kappa shape index (κ2) is 5.74. The average molecular weight is 331 g/mol. The number of hydrogen-bond donors (Lipinski definition) is 1. The summed E-state index contributed by atoms with van der Waals surface area (Å²) in [7, 11) is 0. The predicted octanol–water partition coefficient (Wildman–Crippen LogP) is 5.68. The maximum atomic E-state index is 6.62. The molecular formula is C23H25NO. The van der Waals surface area contributed by atoms with Crippen molar-refractivity contribution in [2.24, 2.45) is 0 Å². The molecule has 2 aliphatic rings. The van der Waals surface area contributed by atoms with Crippen LogP contribution in [0.5, 0.6) is 0 Å². The van der Waals surface area contributed by atoms with Gasteiger partial charge in [0, 0.05) is 17.3 Å². The Morgan fingerprint density at radius 2 is 1.68 bits per heavy atom. The minimum atomic E-state index is -0.114. The van der Waals surface area contributed by atoms with E-state index in [1.807, 2.05) is 0 Å². The van der Waals surface area contributed by atoms with E-state index in [1.54, 1.807) is 0 Å². The first kappa shape index (κ1) is 15.2. The third-order valence-electron chi connectivity index (χ3n) is 6.25. The first-order valence-corrected chi connectivity index (χ1v) is 9.58. The Bertz CT molecular complexity index is 887. The van der Waals surface area contributed by atoms with Crippen LogP contribution in [0.3, 0.4) is 0 Å². The summed E-state index contributed by atoms with van der Waals surface area (Å²) in [5, 5.41) is 1.39. The van der Waals surface area contributed by atoms with Gasteiger partial charge in [0.1, 0.15) is 5.60 Å². The molecule has 128 valence electrons. The fourth-order valence-corrected chi connectivity index (χ4v) is 5.08. The Morgan fingerprint density at radius 1 is 0.960 bits per heavy atom. The maximum absolute atomic E-state index is 6.62. The molecule has 0 bridgehead atoms. The summed E-state index contributed by atoms with van der Waals surface area (Å²) >= 11 is 0. The minimum Gasteiger partial charge on any atom is -0.365 e. The van der Waals surface area contributed by atoms with E-state index < -0.39 is 0 Å². The summed E-state index contributed by atoms with van der Waals surface area (Å²) < 4.78 is 6.62. The number of aromatic nitrogens is 1. The molecule has 1 aliphatic carbocycles. The van der Waals surface area contributed by atoms with Gasteiger partial charge >= 0.3 is 0 Å². The van der Waals surface area contributed by atoms with E-state index in [0.717, 1.165) is 19.3 Å². The summed E-state index contributed by atoms with van der Waals surface area (Å²) in [6.07, 6.45) is 5.92. The van der Waals surface area contributed by atoms with E-state index in [4.69, 9.17) is 4.74 Å². The van der Waals surface area contributed by atoms with Crippen LogP contribution in [0.4, 0.5) is 0 Å². The zero-order valence-electron chi connectivity index (χ0n) is 14.8. The number of para-hydroxylation sites is 1. The van der Waals surface area contributed by atoms with Crippen LogP contribution >= 0.6 is 0 Å². The molecule has 1 fully saturated rings. The molecule has 1 N–H and O–H groups in total. The lowest BCUT2D eigenvalue weighted by Crippen LogP contribution is -2.42. The van der Waals surface area contributed by atoms with Crippen molar-refractivity contribution in [3.05, 3.63) is 71.4 Å². The van der Waals surface area contributed by atoms with Crippen molar-refractivity contribution in [2.45, 2.75) is 56.7 Å². The lowest BCUT2D eigenvalue weighted by atomic mass is 9.72. The van der Waals surface area contributed by atoms with Gasteiger partial charge in [-0.1, -0.05) is 48.5 Å². The van der Waals surface area contributed by atoms with Gasteiger partial charge in [-0.15, -0.1) is 0 Å². The topological polar surface area (TPSA) is 25.0 Å². The molecule has 0 radical (unpaired) electrons. The van der Waals surface area contributed by atoms with E-state index in [9.17, 15) is 0 Å². The number of rotatable bonds is 1. The lowest BCUT2D eigenvalue weighted by Gasteiger charge is -2.45. The van der Waals surface area contributed by atoms with E-state index in [2.05, 4.69) is 66.5 Å². The molecule has 1 aliphatic heterocycles. The van der Waals surface area contributed by atoms with E-state index in [0.29, 0.717) is 12.0 Å². The van der Waals surface area contributed by atoms with E-state index in [-0.39, 0.29) is 5.60 Å². The highest BCUT2D eigenvalue weighted by molar-refractivity contribution is 5.85. The van der Waals surface area contributed by atoms with Crippen molar-refractivity contribution in [1.29, 1.82) is 0 Å². The molecule has 25 heavy (non-hydrogen) atoms. The van der Waals surface area contributed by atoms with Crippen LogP contribution in [0, 0.1) is 0 Å². The number of hydrogen-bond acceptors (Lipinski definition) is 1. The second-order valence-electron chi connectivity index (χ2n) is 7.84. The molecule has 3 aromatic rings. The summed E-state index contributed by atoms with van der Waals surface area (Å²) in [4.78, 5) is 3.73. The number of aromatic amines is 1. The molecule has 2 nitrogen and oxygen atoms in total. The first-order valence-electron chi connectivity index (χ1n) is 9.58. The fraction of sp³-hybridized carbons (Fsp3) is 0.391. The second-order valence-corrected chi connectivity index (χ2v) is 7.84. The molecule has 2 heterocycles. The number of fused-ring (bicyclic) bond motifs is 4. The van der Waals surface area contributed by atoms with Crippen LogP contribution in [0.2, 0.25) is 0 Å². The smallest absolute Gasteiger partial charge is 0.108 e. The summed E-state index contributed by atoms with van der Waals surface area (Å²) in [5.74, 6) is 0.667. The Kier molecular flexibility index (Phi) is 3.49. The van der Waals surface area contributed by atoms with Crippen molar-refractivity contribution < 1.29 is 4.74 Å². The minimum absolute atomic E-state index is 0.114. The molecule has 1 aromatic heterocycles. The van der Waals surface area contributed by atoms with Crippen LogP contribution in [-0.2, 0) is 16.8 Å². The highest BCUT2D eigenvalue weighted by Gasteiger charge is 2.45. The van der Waals surface area contributed by atoms with Gasteiger partial charge in [0.05, 0.1) is 11.8 Å². The molecular weight excluding hydrogens is 306 g/mol. The summed E-state index contributed by atoms with van der Waals surface area (Å²) in [5.41, 5.74) is 5.48. The van der Waals surface area contributed by atoms with Gasteiger partial charge in [0.25, 0.3) is 0 Å². The zero-order chi connectivity index (χ0) is 16.9. The van der Waals surface area contributed by atoms with Crippen LogP contribution < -0.4 is 0 Å². The van der Waals surface area contributed by atoms with Crippen molar-refractivity contribution in [3.8, 4) is 0 Å². The number of nitrogens with one attached hydrogen (secondary N) is 1. The Morgan fingerprint density at radius 3 is 2.48 bits per heavy atom. The van der Waals surface area contributed by atoms with Gasteiger partial charge in [-0.05, 0) is 55.7 Å². The third kappa shape index (κ3) is 2.43. The number of H-pyrrole nitrogens is 1. The van der Waals surface area contributed by atoms with Gasteiger partial charge < -0.3 is 9.72 Å². The molecule has 1 unspecified atom stereocenters. The average Bonchev–Trinajstić information content (AvgIpc) is 3.03. The number of ether oxygens (including phenoxy) is 1. The molecule has 2 heteroatoms. The largest absolute Gasteiger partial charge is 0.365 e. The van der Waals surface area contributed by atoms with Crippen molar-refractivity contribution in [2.75, 3.05) is 0 Å². The normalized spacial score (nSPS) is 29.0. The van der Waals surface area contributed by atoms with Crippen molar-refractivity contribution >= 4 is 10.9 Å². The standard InChI is InChI=1S/C23H25NO/c1-16-15-20-19-9-5-6-10-21(19)24-22(20)23(25-16)13-11-18(12-14-23)17-7-3-2-4-8-17/h2-10,16,18,24H,11-15H2,1H3. The summed E-state index contributed by atoms with van der Waals surface area (Å²) in [6.45, 7) is 2.23. The van der Waals surface area contributed by atoms with Crippen LogP contribution in [0.25, 0.3) is 10.9 Å². The summed E-state index contributed by atoms with van der Waals surface area (Å²) in [6, 6.07) is 19.7. The molecule has 2 aromatic carbocycles. The Labute approximate surface area is 149 Å². The van der Waals surface area contributed by atoms with Gasteiger partial charge in [0.2, 0.25) is 0 Å². The molecule has 1 spiro atoms. The van der Waals surface area contributed by atoms with Gasteiger partial charge in [-0.2, -0.15) is 0 Å². The quantitative estimate of drug-likeness (QED) is 0.609. The van der Waals surface area contributed by atoms with Crippen molar-refractivity contribution in [1.82, 2.24) is 4.98 Å². The van der Waals surface area contributed by atoms with E-state index in [1.165, 1.54) is 40.6 Å². The van der Waals surface area contributed by atoms with Crippen LogP contribution in [0.1, 0.15) is 55.3 Å². The highest BCUT2D eigenvalue weighted by atomic mass is 16.5. The Balaban J connectivity index is 1.51. The first-order chi connectivity index (χ1) is 12.3. The maximum Gasteiger partial charge on any atom is 0.108 e. The molecule has 0 amide bonds. The van der Waals surface area contributed by atoms with Crippen LogP contribution in [0.15, 0.2) is 54.6 Å². The molecule has 1 atom stereocenters. The monoisotopic (exact) mass is 331 g/mol. The Hall–Kier alpha value is -2.06. The van der Waals surface area contributed by atoms with Crippen molar-refractivity contribution in [3.63, 3.8) is 0 Å². The zero-order valence-corrected chi connectivity index (χ0v) is 14.8. The number of benzene rings is 2. The lowest BCUT2D eigenvalue weighted by molar-refractivity contribution is -0.128. The van der Waals surface area contributed by atoms with E-state index >= 15 is 0 Å².